The number of anilines is 1. The molecule has 0 aliphatic carbocycles. The highest BCUT2D eigenvalue weighted by Gasteiger charge is 2.17. The Morgan fingerprint density at radius 1 is 1.23 bits per heavy atom. The van der Waals surface area contributed by atoms with Gasteiger partial charge in [-0.05, 0) is 70.2 Å². The molecule has 1 heterocycles. The molecule has 2 aromatic rings. The SMILES string of the molecule is C=C/C=C\C(=C/C)C(=C)NC(CCCCNc1nc(-c2ccc(C)c(Cl)c2)c(C)s1)C(=O)/C=C\C. The van der Waals surface area contributed by atoms with Crippen molar-refractivity contribution >= 4 is 33.9 Å². The summed E-state index contributed by atoms with van der Waals surface area (Å²) in [6.07, 6.45) is 13.4. The summed E-state index contributed by atoms with van der Waals surface area (Å²) in [5.74, 6) is 0.0571. The molecule has 35 heavy (non-hydrogen) atoms. The molecule has 1 aromatic heterocycles. The van der Waals surface area contributed by atoms with E-state index in [4.69, 9.17) is 16.6 Å². The van der Waals surface area contributed by atoms with Crippen LogP contribution in [0.4, 0.5) is 5.13 Å². The number of nitrogens with one attached hydrogen (secondary N) is 2. The predicted octanol–water partition coefficient (Wildman–Crippen LogP) is 7.97. The van der Waals surface area contributed by atoms with Crippen LogP contribution in [0.2, 0.25) is 5.02 Å². The van der Waals surface area contributed by atoms with Gasteiger partial charge in [0.25, 0.3) is 0 Å². The highest BCUT2D eigenvalue weighted by Crippen LogP contribution is 2.32. The van der Waals surface area contributed by atoms with Crippen LogP contribution in [0.3, 0.4) is 0 Å². The molecule has 6 heteroatoms. The van der Waals surface area contributed by atoms with Crippen molar-refractivity contribution < 1.29 is 4.79 Å². The van der Waals surface area contributed by atoms with E-state index in [9.17, 15) is 4.79 Å². The minimum atomic E-state index is -0.314. The lowest BCUT2D eigenvalue weighted by Crippen LogP contribution is -2.35. The molecule has 0 saturated carbocycles. The molecular formula is C29H36ClN3OS. The Bertz CT molecular complexity index is 1130. The Hall–Kier alpha value is -2.89. The number of allylic oxidation sites excluding steroid dienone is 5. The first-order valence-corrected chi connectivity index (χ1v) is 13.1. The standard InChI is InChI=1S/C29H36ClN3OS/c1-7-10-14-23(9-3)21(5)32-26(27(34)13-8-2)15-11-12-18-31-29-33-28(22(6)35-29)24-17-16-20(4)25(30)19-24/h7-10,13-14,16-17,19,26,32H,1,5,11-12,15,18H2,2-4,6H3,(H,31,33)/b13-8-,14-10-,23-9+. The summed E-state index contributed by atoms with van der Waals surface area (Å²) >= 11 is 7.94. The lowest BCUT2D eigenvalue weighted by atomic mass is 10.0. The minimum absolute atomic E-state index is 0.0571. The Morgan fingerprint density at radius 2 is 2.00 bits per heavy atom. The number of ketones is 1. The van der Waals surface area contributed by atoms with Crippen LogP contribution in [-0.4, -0.2) is 23.4 Å². The summed E-state index contributed by atoms with van der Waals surface area (Å²) in [5.41, 5.74) is 4.72. The van der Waals surface area contributed by atoms with Gasteiger partial charge in [-0.25, -0.2) is 4.98 Å². The van der Waals surface area contributed by atoms with Gasteiger partial charge in [-0.2, -0.15) is 0 Å². The van der Waals surface area contributed by atoms with Crippen LogP contribution in [0.5, 0.6) is 0 Å². The van der Waals surface area contributed by atoms with Gasteiger partial charge in [-0.1, -0.05) is 67.3 Å². The van der Waals surface area contributed by atoms with E-state index in [0.29, 0.717) is 0 Å². The van der Waals surface area contributed by atoms with Gasteiger partial charge in [0.05, 0.1) is 11.7 Å². The number of hydrogen-bond donors (Lipinski definition) is 2. The lowest BCUT2D eigenvalue weighted by Gasteiger charge is -2.20. The van der Waals surface area contributed by atoms with Gasteiger partial charge >= 0.3 is 0 Å². The molecule has 2 rings (SSSR count). The van der Waals surface area contributed by atoms with Gasteiger partial charge in [-0.3, -0.25) is 4.79 Å². The third-order valence-electron chi connectivity index (χ3n) is 5.53. The number of benzene rings is 1. The molecule has 0 radical (unpaired) electrons. The smallest absolute Gasteiger partial charge is 0.183 e. The monoisotopic (exact) mass is 509 g/mol. The second-order valence-electron chi connectivity index (χ2n) is 8.23. The number of thiazole rings is 1. The van der Waals surface area contributed by atoms with E-state index < -0.39 is 0 Å². The van der Waals surface area contributed by atoms with Crippen molar-refractivity contribution in [3.63, 3.8) is 0 Å². The minimum Gasteiger partial charge on any atom is -0.375 e. The van der Waals surface area contributed by atoms with Crippen molar-refractivity contribution in [2.45, 2.75) is 53.0 Å². The number of nitrogens with zero attached hydrogens (tertiary/aromatic N) is 1. The summed E-state index contributed by atoms with van der Waals surface area (Å²) in [4.78, 5) is 18.6. The van der Waals surface area contributed by atoms with Gasteiger partial charge in [-0.15, -0.1) is 11.3 Å². The highest BCUT2D eigenvalue weighted by atomic mass is 35.5. The number of unbranched alkanes of at least 4 members (excludes halogenated alkanes) is 1. The second-order valence-corrected chi connectivity index (χ2v) is 9.84. The second kappa shape index (κ2) is 14.5. The van der Waals surface area contributed by atoms with E-state index in [0.717, 1.165) is 68.9 Å². The van der Waals surface area contributed by atoms with E-state index in [2.05, 4.69) is 36.8 Å². The Morgan fingerprint density at radius 3 is 2.66 bits per heavy atom. The maximum atomic E-state index is 12.6. The van der Waals surface area contributed by atoms with Crippen LogP contribution in [0.25, 0.3) is 11.3 Å². The number of hydrogen-bond acceptors (Lipinski definition) is 5. The van der Waals surface area contributed by atoms with Crippen molar-refractivity contribution in [3.8, 4) is 11.3 Å². The number of aromatic nitrogens is 1. The topological polar surface area (TPSA) is 54.0 Å². The average Bonchev–Trinajstić information content (AvgIpc) is 3.20. The molecule has 1 atom stereocenters. The number of carbonyl (C=O) groups excluding carboxylic acids is 1. The van der Waals surface area contributed by atoms with Crippen LogP contribution in [-0.2, 0) is 4.79 Å². The largest absolute Gasteiger partial charge is 0.375 e. The number of halogens is 1. The molecule has 0 saturated heterocycles. The average molecular weight is 510 g/mol. The molecule has 0 aliphatic heterocycles. The molecule has 0 bridgehead atoms. The molecule has 0 amide bonds. The van der Waals surface area contributed by atoms with E-state index in [1.54, 1.807) is 29.6 Å². The van der Waals surface area contributed by atoms with Gasteiger partial charge in [0.15, 0.2) is 10.9 Å². The van der Waals surface area contributed by atoms with Gasteiger partial charge in [0.1, 0.15) is 0 Å². The summed E-state index contributed by atoms with van der Waals surface area (Å²) < 4.78 is 0. The van der Waals surface area contributed by atoms with Crippen molar-refractivity contribution in [1.82, 2.24) is 10.3 Å². The van der Waals surface area contributed by atoms with Crippen molar-refractivity contribution in [2.75, 3.05) is 11.9 Å². The number of rotatable bonds is 14. The van der Waals surface area contributed by atoms with E-state index in [1.165, 1.54) is 0 Å². The van der Waals surface area contributed by atoms with Crippen LogP contribution in [0, 0.1) is 13.8 Å². The predicted molar refractivity (Wildman–Crippen MR) is 153 cm³/mol. The Balaban J connectivity index is 1.92. The molecule has 0 spiro atoms. The van der Waals surface area contributed by atoms with Crippen LogP contribution in [0.1, 0.15) is 43.6 Å². The van der Waals surface area contributed by atoms with Crippen molar-refractivity contribution in [2.24, 2.45) is 0 Å². The van der Waals surface area contributed by atoms with Crippen LogP contribution in [0.15, 0.2) is 79.1 Å². The Labute approximate surface area is 219 Å². The third-order valence-corrected chi connectivity index (χ3v) is 6.87. The summed E-state index contributed by atoms with van der Waals surface area (Å²) in [6, 6.07) is 5.73. The normalized spacial score (nSPS) is 12.8. The molecule has 186 valence electrons. The summed E-state index contributed by atoms with van der Waals surface area (Å²) in [7, 11) is 0. The van der Waals surface area contributed by atoms with Crippen molar-refractivity contribution in [1.29, 1.82) is 0 Å². The number of aryl methyl sites for hydroxylation is 2. The highest BCUT2D eigenvalue weighted by molar-refractivity contribution is 7.16. The van der Waals surface area contributed by atoms with E-state index >= 15 is 0 Å². The molecule has 0 aliphatic rings. The molecule has 1 unspecified atom stereocenters. The fourth-order valence-corrected chi connectivity index (χ4v) is 4.59. The Kier molecular flexibility index (Phi) is 11.7. The van der Waals surface area contributed by atoms with Crippen LogP contribution >= 0.6 is 22.9 Å². The zero-order valence-electron chi connectivity index (χ0n) is 21.2. The lowest BCUT2D eigenvalue weighted by molar-refractivity contribution is -0.116. The van der Waals surface area contributed by atoms with Gasteiger partial charge in [0, 0.05) is 27.7 Å². The quantitative estimate of drug-likeness (QED) is 0.154. The molecule has 1 aromatic carbocycles. The molecule has 2 N–H and O–H groups in total. The molecular weight excluding hydrogens is 474 g/mol. The molecule has 0 fully saturated rings. The first-order valence-electron chi connectivity index (χ1n) is 11.9. The van der Waals surface area contributed by atoms with Crippen LogP contribution < -0.4 is 10.6 Å². The van der Waals surface area contributed by atoms with Gasteiger partial charge in [0.2, 0.25) is 0 Å². The van der Waals surface area contributed by atoms with E-state index in [-0.39, 0.29) is 11.8 Å². The maximum Gasteiger partial charge on any atom is 0.183 e. The summed E-state index contributed by atoms with van der Waals surface area (Å²) in [6.45, 7) is 16.5. The maximum absolute atomic E-state index is 12.6. The first kappa shape index (κ1) is 28.3. The number of carbonyl (C=O) groups is 1. The zero-order valence-corrected chi connectivity index (χ0v) is 22.7. The fourth-order valence-electron chi connectivity index (χ4n) is 3.55. The molecule has 4 nitrogen and oxygen atoms in total. The fraction of sp³-hybridized carbons (Fsp3) is 0.310. The first-order chi connectivity index (χ1) is 16.8. The van der Waals surface area contributed by atoms with E-state index in [1.807, 2.05) is 51.1 Å². The van der Waals surface area contributed by atoms with Gasteiger partial charge < -0.3 is 10.6 Å². The zero-order chi connectivity index (χ0) is 25.8. The summed E-state index contributed by atoms with van der Waals surface area (Å²) in [5, 5.41) is 8.40. The van der Waals surface area contributed by atoms with Crippen molar-refractivity contribution in [3.05, 3.63) is 94.5 Å². The third kappa shape index (κ3) is 8.68.